The predicted octanol–water partition coefficient (Wildman–Crippen LogP) is 2.25. The van der Waals surface area contributed by atoms with E-state index in [1.54, 1.807) is 0 Å². The molecule has 1 saturated carbocycles. The predicted molar refractivity (Wildman–Crippen MR) is 72.7 cm³/mol. The van der Waals surface area contributed by atoms with Gasteiger partial charge in [0.15, 0.2) is 5.82 Å². The van der Waals surface area contributed by atoms with Gasteiger partial charge in [-0.05, 0) is 31.2 Å². The van der Waals surface area contributed by atoms with Crippen molar-refractivity contribution in [3.05, 3.63) is 47.1 Å². The van der Waals surface area contributed by atoms with E-state index in [1.165, 1.54) is 24.0 Å². The SMILES string of the molecule is Cc1ccc(Cc2noc(CC(N)C3CC3)n2)cc1. The molecule has 0 saturated heterocycles. The van der Waals surface area contributed by atoms with Gasteiger partial charge in [-0.25, -0.2) is 0 Å². The highest BCUT2D eigenvalue weighted by molar-refractivity contribution is 5.23. The molecular formula is C15H19N3O. The van der Waals surface area contributed by atoms with E-state index >= 15 is 0 Å². The van der Waals surface area contributed by atoms with Crippen molar-refractivity contribution in [1.82, 2.24) is 10.1 Å². The highest BCUT2D eigenvalue weighted by atomic mass is 16.5. The Labute approximate surface area is 113 Å². The Bertz CT molecular complexity index is 543. The van der Waals surface area contributed by atoms with Gasteiger partial charge in [-0.15, -0.1) is 0 Å². The highest BCUT2D eigenvalue weighted by Crippen LogP contribution is 2.32. The molecule has 2 aromatic rings. The van der Waals surface area contributed by atoms with Gasteiger partial charge < -0.3 is 10.3 Å². The average molecular weight is 257 g/mol. The van der Waals surface area contributed by atoms with Gasteiger partial charge in [0.2, 0.25) is 5.89 Å². The van der Waals surface area contributed by atoms with Crippen molar-refractivity contribution >= 4 is 0 Å². The summed E-state index contributed by atoms with van der Waals surface area (Å²) in [5.41, 5.74) is 8.52. The molecule has 0 amide bonds. The Kier molecular flexibility index (Phi) is 3.34. The van der Waals surface area contributed by atoms with Crippen molar-refractivity contribution in [2.45, 2.75) is 38.6 Å². The van der Waals surface area contributed by atoms with Crippen molar-refractivity contribution in [2.75, 3.05) is 0 Å². The van der Waals surface area contributed by atoms with E-state index in [4.69, 9.17) is 10.3 Å². The van der Waals surface area contributed by atoms with Crippen LogP contribution < -0.4 is 5.73 Å². The number of nitrogens with two attached hydrogens (primary N) is 1. The molecule has 1 heterocycles. The van der Waals surface area contributed by atoms with Crippen LogP contribution >= 0.6 is 0 Å². The standard InChI is InChI=1S/C15H19N3O/c1-10-2-4-11(5-3-10)8-14-17-15(19-18-14)9-13(16)12-6-7-12/h2-5,12-13H,6-9,16H2,1H3. The van der Waals surface area contributed by atoms with Crippen LogP contribution in [0.1, 0.15) is 35.7 Å². The first-order chi connectivity index (χ1) is 9.20. The van der Waals surface area contributed by atoms with Crippen LogP contribution in [0.4, 0.5) is 0 Å². The number of hydrogen-bond donors (Lipinski definition) is 1. The molecule has 2 N–H and O–H groups in total. The molecule has 0 radical (unpaired) electrons. The maximum atomic E-state index is 6.06. The smallest absolute Gasteiger partial charge is 0.228 e. The first-order valence-electron chi connectivity index (χ1n) is 6.83. The van der Waals surface area contributed by atoms with Crippen LogP contribution in [-0.2, 0) is 12.8 Å². The first kappa shape index (κ1) is 12.4. The van der Waals surface area contributed by atoms with Gasteiger partial charge in [0, 0.05) is 18.9 Å². The van der Waals surface area contributed by atoms with Crippen LogP contribution in [0.5, 0.6) is 0 Å². The lowest BCUT2D eigenvalue weighted by Crippen LogP contribution is -2.25. The van der Waals surface area contributed by atoms with E-state index in [0.29, 0.717) is 24.7 Å². The lowest BCUT2D eigenvalue weighted by Gasteiger charge is -2.04. The van der Waals surface area contributed by atoms with Crippen molar-refractivity contribution in [3.8, 4) is 0 Å². The number of rotatable bonds is 5. The summed E-state index contributed by atoms with van der Waals surface area (Å²) in [6.45, 7) is 2.08. The van der Waals surface area contributed by atoms with Crippen molar-refractivity contribution in [1.29, 1.82) is 0 Å². The Morgan fingerprint density at radius 1 is 1.32 bits per heavy atom. The molecule has 1 fully saturated rings. The van der Waals surface area contributed by atoms with E-state index in [0.717, 1.165) is 5.82 Å². The largest absolute Gasteiger partial charge is 0.339 e. The Morgan fingerprint density at radius 3 is 2.74 bits per heavy atom. The fourth-order valence-electron chi connectivity index (χ4n) is 2.23. The average Bonchev–Trinajstić information content (AvgIpc) is 3.16. The fourth-order valence-corrected chi connectivity index (χ4v) is 2.23. The van der Waals surface area contributed by atoms with Crippen molar-refractivity contribution in [3.63, 3.8) is 0 Å². The number of benzene rings is 1. The summed E-state index contributed by atoms with van der Waals surface area (Å²) in [7, 11) is 0. The van der Waals surface area contributed by atoms with Crippen LogP contribution in [0.2, 0.25) is 0 Å². The van der Waals surface area contributed by atoms with E-state index in [9.17, 15) is 0 Å². The summed E-state index contributed by atoms with van der Waals surface area (Å²) < 4.78 is 5.27. The highest BCUT2D eigenvalue weighted by Gasteiger charge is 2.29. The summed E-state index contributed by atoms with van der Waals surface area (Å²) in [5, 5.41) is 4.03. The topological polar surface area (TPSA) is 64.9 Å². The third-order valence-electron chi connectivity index (χ3n) is 3.63. The molecule has 1 aromatic heterocycles. The summed E-state index contributed by atoms with van der Waals surface area (Å²) in [6.07, 6.45) is 3.89. The number of aromatic nitrogens is 2. The molecule has 1 atom stereocenters. The van der Waals surface area contributed by atoms with Gasteiger partial charge in [0.1, 0.15) is 0 Å². The van der Waals surface area contributed by atoms with Crippen LogP contribution in [0, 0.1) is 12.8 Å². The molecule has 4 nitrogen and oxygen atoms in total. The van der Waals surface area contributed by atoms with Crippen molar-refractivity contribution < 1.29 is 4.52 Å². The van der Waals surface area contributed by atoms with Gasteiger partial charge in [-0.2, -0.15) is 4.98 Å². The summed E-state index contributed by atoms with van der Waals surface area (Å²) in [4.78, 5) is 4.42. The molecule has 100 valence electrons. The zero-order chi connectivity index (χ0) is 13.2. The molecule has 1 unspecified atom stereocenters. The van der Waals surface area contributed by atoms with E-state index in [-0.39, 0.29) is 6.04 Å². The van der Waals surface area contributed by atoms with Crippen molar-refractivity contribution in [2.24, 2.45) is 11.7 Å². The maximum Gasteiger partial charge on any atom is 0.228 e. The molecule has 3 rings (SSSR count). The third-order valence-corrected chi connectivity index (χ3v) is 3.63. The summed E-state index contributed by atoms with van der Waals surface area (Å²) >= 11 is 0. The second kappa shape index (κ2) is 5.13. The fraction of sp³-hybridized carbons (Fsp3) is 0.467. The molecule has 19 heavy (non-hydrogen) atoms. The van der Waals surface area contributed by atoms with Crippen LogP contribution in [-0.4, -0.2) is 16.2 Å². The lowest BCUT2D eigenvalue weighted by molar-refractivity contribution is 0.359. The molecule has 1 aliphatic carbocycles. The zero-order valence-corrected chi connectivity index (χ0v) is 11.2. The van der Waals surface area contributed by atoms with Crippen LogP contribution in [0.3, 0.4) is 0 Å². The molecule has 1 aromatic carbocycles. The van der Waals surface area contributed by atoms with Crippen LogP contribution in [0.15, 0.2) is 28.8 Å². The molecule has 0 spiro atoms. The monoisotopic (exact) mass is 257 g/mol. The molecule has 0 bridgehead atoms. The molecule has 4 heteroatoms. The summed E-state index contributed by atoms with van der Waals surface area (Å²) in [6, 6.07) is 8.56. The molecule has 0 aliphatic heterocycles. The second-order valence-corrected chi connectivity index (χ2v) is 5.47. The Balaban J connectivity index is 1.62. The van der Waals surface area contributed by atoms with E-state index in [1.807, 2.05) is 0 Å². The van der Waals surface area contributed by atoms with Gasteiger partial charge >= 0.3 is 0 Å². The van der Waals surface area contributed by atoms with Gasteiger partial charge in [0.25, 0.3) is 0 Å². The quantitative estimate of drug-likeness (QED) is 0.892. The molecule has 1 aliphatic rings. The number of hydrogen-bond acceptors (Lipinski definition) is 4. The zero-order valence-electron chi connectivity index (χ0n) is 11.2. The normalized spacial score (nSPS) is 16.5. The van der Waals surface area contributed by atoms with Gasteiger partial charge in [-0.3, -0.25) is 0 Å². The van der Waals surface area contributed by atoms with Gasteiger partial charge in [-0.1, -0.05) is 35.0 Å². The van der Waals surface area contributed by atoms with Gasteiger partial charge in [0.05, 0.1) is 0 Å². The minimum atomic E-state index is 0.174. The first-order valence-corrected chi connectivity index (χ1v) is 6.83. The lowest BCUT2D eigenvalue weighted by atomic mass is 10.1. The Morgan fingerprint density at radius 2 is 2.05 bits per heavy atom. The number of aryl methyl sites for hydroxylation is 1. The summed E-state index contributed by atoms with van der Waals surface area (Å²) in [5.74, 6) is 2.07. The molecular weight excluding hydrogens is 238 g/mol. The minimum Gasteiger partial charge on any atom is -0.339 e. The minimum absolute atomic E-state index is 0.174. The van der Waals surface area contributed by atoms with E-state index in [2.05, 4.69) is 41.3 Å². The van der Waals surface area contributed by atoms with Crippen LogP contribution in [0.25, 0.3) is 0 Å². The maximum absolute atomic E-state index is 6.06. The number of nitrogens with zero attached hydrogens (tertiary/aromatic N) is 2. The second-order valence-electron chi connectivity index (χ2n) is 5.47. The Hall–Kier alpha value is -1.68. The van der Waals surface area contributed by atoms with E-state index < -0.39 is 0 Å². The third kappa shape index (κ3) is 3.20.